The maximum Gasteiger partial charge on any atom is 0.253 e. The Morgan fingerprint density at radius 2 is 2.04 bits per heavy atom. The summed E-state index contributed by atoms with van der Waals surface area (Å²) in [5, 5.41) is 12.5. The lowest BCUT2D eigenvalue weighted by Crippen LogP contribution is -2.35. The lowest BCUT2D eigenvalue weighted by molar-refractivity contribution is -0.121. The van der Waals surface area contributed by atoms with E-state index in [0.29, 0.717) is 12.4 Å². The van der Waals surface area contributed by atoms with Crippen LogP contribution in [0.2, 0.25) is 0 Å². The van der Waals surface area contributed by atoms with E-state index in [-0.39, 0.29) is 5.91 Å². The maximum atomic E-state index is 12.8. The van der Waals surface area contributed by atoms with Gasteiger partial charge in [-0.3, -0.25) is 9.78 Å². The van der Waals surface area contributed by atoms with Crippen LogP contribution in [0.1, 0.15) is 18.5 Å². The number of rotatable bonds is 3. The molecule has 0 fully saturated rings. The number of carbonyl (C=O) groups is 1. The fourth-order valence-corrected chi connectivity index (χ4v) is 2.87. The third-order valence-electron chi connectivity index (χ3n) is 4.20. The second-order valence-corrected chi connectivity index (χ2v) is 5.72. The van der Waals surface area contributed by atoms with E-state index in [9.17, 15) is 4.79 Å². The Morgan fingerprint density at radius 1 is 1.21 bits per heavy atom. The van der Waals surface area contributed by atoms with E-state index < -0.39 is 6.04 Å². The van der Waals surface area contributed by atoms with Crippen molar-refractivity contribution in [3.63, 3.8) is 0 Å². The molecular weight excluding hydrogens is 304 g/mol. The van der Waals surface area contributed by atoms with Crippen molar-refractivity contribution in [2.24, 2.45) is 0 Å². The average molecular weight is 320 g/mol. The number of carbonyl (C=O) groups excluding carboxylic acids is 1. The molecule has 0 unspecified atom stereocenters. The Morgan fingerprint density at radius 3 is 2.88 bits per heavy atom. The largest absolute Gasteiger partial charge is 0.310 e. The van der Waals surface area contributed by atoms with Crippen LogP contribution in [0.3, 0.4) is 0 Å². The zero-order chi connectivity index (χ0) is 16.5. The standard InChI is InChI=1S/C17H16N6O/c1-12(17(24)22-10-8-14-11-18-9-7-15(14)22)23-20-16(19-21-23)13-5-3-2-4-6-13/h2-7,9,11-12H,8,10H2,1H3/t12-/m1/s1. The van der Waals surface area contributed by atoms with Gasteiger partial charge < -0.3 is 4.90 Å². The van der Waals surface area contributed by atoms with Gasteiger partial charge in [-0.15, -0.1) is 10.2 Å². The third kappa shape index (κ3) is 2.44. The summed E-state index contributed by atoms with van der Waals surface area (Å²) in [5.74, 6) is 0.471. The van der Waals surface area contributed by atoms with Crippen LogP contribution >= 0.6 is 0 Å². The van der Waals surface area contributed by atoms with Crippen LogP contribution in [0.25, 0.3) is 11.4 Å². The number of hydrogen-bond donors (Lipinski definition) is 0. The molecule has 3 heterocycles. The predicted octanol–water partition coefficient (Wildman–Crippen LogP) is 1.89. The molecule has 1 amide bonds. The highest BCUT2D eigenvalue weighted by atomic mass is 16.2. The Balaban J connectivity index is 1.57. The van der Waals surface area contributed by atoms with Crippen molar-refractivity contribution < 1.29 is 4.79 Å². The first-order chi connectivity index (χ1) is 11.7. The van der Waals surface area contributed by atoms with Crippen LogP contribution < -0.4 is 4.90 Å². The first-order valence-electron chi connectivity index (χ1n) is 7.83. The second-order valence-electron chi connectivity index (χ2n) is 5.72. The minimum Gasteiger partial charge on any atom is -0.310 e. The molecule has 4 rings (SSSR count). The Hall–Kier alpha value is -3.09. The normalized spacial score (nSPS) is 14.5. The van der Waals surface area contributed by atoms with E-state index in [1.165, 1.54) is 4.80 Å². The number of amides is 1. The molecule has 1 aliphatic heterocycles. The molecule has 1 atom stereocenters. The van der Waals surface area contributed by atoms with Crippen LogP contribution in [-0.2, 0) is 11.2 Å². The van der Waals surface area contributed by atoms with Gasteiger partial charge in [0.15, 0.2) is 0 Å². The predicted molar refractivity (Wildman–Crippen MR) is 88.3 cm³/mol. The van der Waals surface area contributed by atoms with Crippen molar-refractivity contribution in [3.8, 4) is 11.4 Å². The molecule has 120 valence electrons. The SMILES string of the molecule is C[C@H](C(=O)N1CCc2cnccc21)n1nnc(-c2ccccc2)n1. The molecule has 0 aliphatic carbocycles. The minimum absolute atomic E-state index is 0.0445. The number of nitrogens with zero attached hydrogens (tertiary/aromatic N) is 6. The molecule has 3 aromatic rings. The summed E-state index contributed by atoms with van der Waals surface area (Å²) in [6, 6.07) is 10.9. The number of pyridine rings is 1. The van der Waals surface area contributed by atoms with Gasteiger partial charge in [0.25, 0.3) is 5.91 Å². The zero-order valence-electron chi connectivity index (χ0n) is 13.2. The monoisotopic (exact) mass is 320 g/mol. The quantitative estimate of drug-likeness (QED) is 0.736. The summed E-state index contributed by atoms with van der Waals surface area (Å²) in [6.45, 7) is 2.45. The molecule has 0 saturated heterocycles. The van der Waals surface area contributed by atoms with E-state index in [0.717, 1.165) is 23.2 Å². The molecule has 0 saturated carbocycles. The van der Waals surface area contributed by atoms with Crippen LogP contribution in [0, 0.1) is 0 Å². The van der Waals surface area contributed by atoms with Crippen molar-refractivity contribution in [1.82, 2.24) is 25.2 Å². The minimum atomic E-state index is -0.519. The number of hydrogen-bond acceptors (Lipinski definition) is 5. The van der Waals surface area contributed by atoms with E-state index >= 15 is 0 Å². The molecule has 0 N–H and O–H groups in total. The Bertz CT molecular complexity index is 876. The zero-order valence-corrected chi connectivity index (χ0v) is 13.2. The average Bonchev–Trinajstić information content (AvgIpc) is 3.28. The molecule has 24 heavy (non-hydrogen) atoms. The third-order valence-corrected chi connectivity index (χ3v) is 4.20. The topological polar surface area (TPSA) is 76.8 Å². The van der Waals surface area contributed by atoms with Crippen LogP contribution in [-0.4, -0.2) is 37.6 Å². The molecule has 1 aliphatic rings. The molecule has 7 heteroatoms. The number of anilines is 1. The highest BCUT2D eigenvalue weighted by Crippen LogP contribution is 2.28. The summed E-state index contributed by atoms with van der Waals surface area (Å²) in [5.41, 5.74) is 2.89. The Labute approximate surface area is 138 Å². The fraction of sp³-hybridized carbons (Fsp3) is 0.235. The lowest BCUT2D eigenvalue weighted by atomic mass is 10.2. The first kappa shape index (κ1) is 14.5. The lowest BCUT2D eigenvalue weighted by Gasteiger charge is -2.20. The highest BCUT2D eigenvalue weighted by Gasteiger charge is 2.30. The summed E-state index contributed by atoms with van der Waals surface area (Å²) < 4.78 is 0. The molecule has 1 aromatic carbocycles. The molecule has 0 bridgehead atoms. The summed E-state index contributed by atoms with van der Waals surface area (Å²) >= 11 is 0. The maximum absolute atomic E-state index is 12.8. The highest BCUT2D eigenvalue weighted by molar-refractivity contribution is 5.97. The van der Waals surface area contributed by atoms with E-state index in [4.69, 9.17) is 0 Å². The Kier molecular flexibility index (Phi) is 3.53. The van der Waals surface area contributed by atoms with Crippen molar-refractivity contribution in [3.05, 3.63) is 54.4 Å². The summed E-state index contributed by atoms with van der Waals surface area (Å²) in [4.78, 5) is 20.1. The van der Waals surface area contributed by atoms with Crippen molar-refractivity contribution in [2.75, 3.05) is 11.4 Å². The van der Waals surface area contributed by atoms with Crippen LogP contribution in [0.5, 0.6) is 0 Å². The molecular formula is C17H16N6O. The van der Waals surface area contributed by atoms with Gasteiger partial charge >= 0.3 is 0 Å². The molecule has 2 aromatic heterocycles. The van der Waals surface area contributed by atoms with Crippen LogP contribution in [0.15, 0.2) is 48.8 Å². The van der Waals surface area contributed by atoms with Crippen LogP contribution in [0.4, 0.5) is 5.69 Å². The van der Waals surface area contributed by atoms with Gasteiger partial charge in [-0.2, -0.15) is 4.80 Å². The summed E-state index contributed by atoms with van der Waals surface area (Å²) in [7, 11) is 0. The van der Waals surface area contributed by atoms with Gasteiger partial charge in [-0.1, -0.05) is 30.3 Å². The van der Waals surface area contributed by atoms with E-state index in [2.05, 4.69) is 20.4 Å². The van der Waals surface area contributed by atoms with Crippen molar-refractivity contribution in [1.29, 1.82) is 0 Å². The van der Waals surface area contributed by atoms with Gasteiger partial charge in [0.1, 0.15) is 6.04 Å². The van der Waals surface area contributed by atoms with E-state index in [1.807, 2.05) is 42.6 Å². The molecule has 0 radical (unpaired) electrons. The molecule has 7 nitrogen and oxygen atoms in total. The van der Waals surface area contributed by atoms with Crippen molar-refractivity contribution >= 4 is 11.6 Å². The number of benzene rings is 1. The number of tetrazole rings is 1. The van der Waals surface area contributed by atoms with E-state index in [1.54, 1.807) is 18.0 Å². The molecule has 0 spiro atoms. The smallest absolute Gasteiger partial charge is 0.253 e. The fourth-order valence-electron chi connectivity index (χ4n) is 2.87. The van der Waals surface area contributed by atoms with Gasteiger partial charge in [-0.25, -0.2) is 0 Å². The summed E-state index contributed by atoms with van der Waals surface area (Å²) in [6.07, 6.45) is 4.34. The van der Waals surface area contributed by atoms with Gasteiger partial charge in [0, 0.05) is 24.5 Å². The number of fused-ring (bicyclic) bond motifs is 1. The van der Waals surface area contributed by atoms with Gasteiger partial charge in [0.2, 0.25) is 5.82 Å². The van der Waals surface area contributed by atoms with Gasteiger partial charge in [-0.05, 0) is 30.2 Å². The number of aromatic nitrogens is 5. The first-order valence-corrected chi connectivity index (χ1v) is 7.83. The van der Waals surface area contributed by atoms with Crippen molar-refractivity contribution in [2.45, 2.75) is 19.4 Å². The van der Waals surface area contributed by atoms with Gasteiger partial charge in [0.05, 0.1) is 5.69 Å². The second kappa shape index (κ2) is 5.84.